The van der Waals surface area contributed by atoms with E-state index in [4.69, 9.17) is 9.47 Å². The molecule has 10 nitrogen and oxygen atoms in total. The van der Waals surface area contributed by atoms with Gasteiger partial charge in [0.05, 0.1) is 36.6 Å². The fraction of sp³-hybridized carbons (Fsp3) is 0.474. The molecule has 0 aromatic heterocycles. The molecule has 3 aliphatic heterocycles. The Kier molecular flexibility index (Phi) is 11.2. The third-order valence-electron chi connectivity index (χ3n) is 10.0. The summed E-state index contributed by atoms with van der Waals surface area (Å²) in [7, 11) is 0. The summed E-state index contributed by atoms with van der Waals surface area (Å²) in [6, 6.07) is 12.4. The summed E-state index contributed by atoms with van der Waals surface area (Å²) in [4.78, 5) is 59.2. The number of alkyl halides is 1. The van der Waals surface area contributed by atoms with Crippen LogP contribution < -0.4 is 10.2 Å². The van der Waals surface area contributed by atoms with Crippen LogP contribution in [0.3, 0.4) is 0 Å². The molecule has 0 radical (unpaired) electrons. The van der Waals surface area contributed by atoms with Crippen molar-refractivity contribution in [2.45, 2.75) is 87.7 Å². The molecule has 0 aliphatic carbocycles. The molecule has 3 amide bonds. The van der Waals surface area contributed by atoms with Crippen LogP contribution in [0.2, 0.25) is 0 Å². The Morgan fingerprint density at radius 1 is 1.12 bits per heavy atom. The quantitative estimate of drug-likeness (QED) is 0.164. The van der Waals surface area contributed by atoms with Crippen molar-refractivity contribution in [1.82, 2.24) is 10.2 Å². The van der Waals surface area contributed by atoms with Crippen LogP contribution >= 0.6 is 15.9 Å². The third kappa shape index (κ3) is 6.60. The lowest BCUT2D eigenvalue weighted by Crippen LogP contribution is -2.59. The van der Waals surface area contributed by atoms with E-state index in [1.165, 1.54) is 4.90 Å². The topological polar surface area (TPSA) is 125 Å². The number of aryl methyl sites for hydroxylation is 2. The zero-order valence-corrected chi connectivity index (χ0v) is 30.1. The van der Waals surface area contributed by atoms with Crippen molar-refractivity contribution in [1.29, 1.82) is 0 Å². The van der Waals surface area contributed by atoms with Gasteiger partial charge in [0.25, 0.3) is 5.91 Å². The summed E-state index contributed by atoms with van der Waals surface area (Å²) in [6.07, 6.45) is 2.74. The minimum Gasteiger partial charge on any atom is -0.455 e. The first-order valence-corrected chi connectivity index (χ1v) is 17.7. The minimum atomic E-state index is -1.36. The van der Waals surface area contributed by atoms with E-state index in [-0.39, 0.29) is 29.6 Å². The van der Waals surface area contributed by atoms with E-state index in [0.717, 1.165) is 11.1 Å². The highest BCUT2D eigenvalue weighted by Crippen LogP contribution is 2.61. The first kappa shape index (κ1) is 36.5. The molecule has 49 heavy (non-hydrogen) atoms. The van der Waals surface area contributed by atoms with Gasteiger partial charge in [-0.25, -0.2) is 0 Å². The van der Waals surface area contributed by atoms with Gasteiger partial charge in [0, 0.05) is 23.5 Å². The number of anilines is 1. The van der Waals surface area contributed by atoms with Gasteiger partial charge in [-0.2, -0.15) is 0 Å². The number of para-hydroxylation sites is 1. The SMILES string of the molecule is C=CCCC(=O)N[C@H](C)[C@@H](OC(=O)[C@@H]1[C@H]2O[C@@]3(CC2Br)[C@H](C(=O)N(CC=C)c2c(C)cccc2C)N([C@H](C)CO)C(=O)[C@@H]13)c1ccccc1. The standard InChI is InChI=1S/C38H46BrN3O7/c1-7-9-18-28(44)40-25(6)32(26-16-11-10-12-17-26)48-37(47)29-30-35(45)42(24(5)21-43)34(38(30)20-27(39)33(29)49-38)36(46)41(19-8-2)31-22(3)14-13-15-23(31)4/h7-8,10-17,24-25,27,29-30,32-34,43H,1-2,9,18-21H2,3-6H3,(H,40,44)/t24-,25-,27?,29+,30-,32-,33+,34+,38-/m1/s1. The summed E-state index contributed by atoms with van der Waals surface area (Å²) < 4.78 is 12.9. The van der Waals surface area contributed by atoms with E-state index in [0.29, 0.717) is 24.1 Å². The number of rotatable bonds is 14. The van der Waals surface area contributed by atoms with Crippen molar-refractivity contribution < 1.29 is 33.8 Å². The van der Waals surface area contributed by atoms with Crippen LogP contribution in [0.5, 0.6) is 0 Å². The molecule has 3 heterocycles. The van der Waals surface area contributed by atoms with E-state index in [9.17, 15) is 24.3 Å². The summed E-state index contributed by atoms with van der Waals surface area (Å²) in [5.41, 5.74) is 1.79. The average molecular weight is 737 g/mol. The monoisotopic (exact) mass is 735 g/mol. The van der Waals surface area contributed by atoms with E-state index < -0.39 is 66.3 Å². The molecule has 2 aromatic rings. The number of ether oxygens (including phenoxy) is 2. The summed E-state index contributed by atoms with van der Waals surface area (Å²) in [5, 5.41) is 13.3. The second-order valence-corrected chi connectivity index (χ2v) is 14.5. The summed E-state index contributed by atoms with van der Waals surface area (Å²) in [5.74, 6) is -3.75. The van der Waals surface area contributed by atoms with Crippen molar-refractivity contribution in [2.24, 2.45) is 11.8 Å². The van der Waals surface area contributed by atoms with E-state index in [1.54, 1.807) is 30.9 Å². The Morgan fingerprint density at radius 3 is 2.41 bits per heavy atom. The maximum Gasteiger partial charge on any atom is 0.313 e. The molecule has 1 unspecified atom stereocenters. The normalized spacial score (nSPS) is 27.2. The van der Waals surface area contributed by atoms with Crippen LogP contribution in [-0.2, 0) is 28.7 Å². The predicted molar refractivity (Wildman–Crippen MR) is 190 cm³/mol. The molecule has 9 atom stereocenters. The van der Waals surface area contributed by atoms with Crippen LogP contribution in [0.1, 0.15) is 55.9 Å². The van der Waals surface area contributed by atoms with Gasteiger partial charge in [-0.05, 0) is 57.2 Å². The molecule has 3 aliphatic rings. The van der Waals surface area contributed by atoms with E-state index >= 15 is 0 Å². The number of amides is 3. The van der Waals surface area contributed by atoms with Gasteiger partial charge in [-0.1, -0.05) is 76.6 Å². The highest BCUT2D eigenvalue weighted by Gasteiger charge is 2.77. The van der Waals surface area contributed by atoms with Crippen molar-refractivity contribution in [3.63, 3.8) is 0 Å². The molecule has 5 rings (SSSR count). The molecular weight excluding hydrogens is 690 g/mol. The third-order valence-corrected chi connectivity index (χ3v) is 10.9. The van der Waals surface area contributed by atoms with Crippen LogP contribution in [0.25, 0.3) is 0 Å². The Balaban J connectivity index is 1.53. The minimum absolute atomic E-state index is 0.180. The number of aliphatic hydroxyl groups is 1. The number of fused-ring (bicyclic) bond motifs is 1. The zero-order valence-electron chi connectivity index (χ0n) is 28.5. The molecule has 3 fully saturated rings. The van der Waals surface area contributed by atoms with Crippen molar-refractivity contribution in [3.05, 3.63) is 90.5 Å². The predicted octanol–water partition coefficient (Wildman–Crippen LogP) is 4.71. The lowest BCUT2D eigenvalue weighted by atomic mass is 9.70. The van der Waals surface area contributed by atoms with Crippen molar-refractivity contribution in [2.75, 3.05) is 18.1 Å². The van der Waals surface area contributed by atoms with Gasteiger partial charge in [0.15, 0.2) is 0 Å². The lowest BCUT2D eigenvalue weighted by Gasteiger charge is -2.39. The van der Waals surface area contributed by atoms with Crippen LogP contribution in [0, 0.1) is 25.7 Å². The molecule has 0 saturated carbocycles. The number of aliphatic hydroxyl groups excluding tert-OH is 1. The van der Waals surface area contributed by atoms with Gasteiger partial charge in [-0.15, -0.1) is 13.2 Å². The van der Waals surface area contributed by atoms with Crippen molar-refractivity contribution in [3.8, 4) is 0 Å². The number of likely N-dealkylation sites (tertiary alicyclic amines) is 1. The van der Waals surface area contributed by atoms with Gasteiger partial charge in [0.2, 0.25) is 11.8 Å². The first-order valence-electron chi connectivity index (χ1n) is 16.8. The number of nitrogens with zero attached hydrogens (tertiary/aromatic N) is 2. The fourth-order valence-corrected chi connectivity index (χ4v) is 8.86. The van der Waals surface area contributed by atoms with Gasteiger partial charge >= 0.3 is 5.97 Å². The Hall–Kier alpha value is -3.80. The molecule has 2 N–H and O–H groups in total. The molecule has 2 aromatic carbocycles. The number of allylic oxidation sites excluding steroid dienone is 1. The first-order chi connectivity index (χ1) is 23.4. The number of halogens is 1. The molecule has 3 saturated heterocycles. The number of nitrogens with one attached hydrogen (secondary N) is 1. The summed E-state index contributed by atoms with van der Waals surface area (Å²) >= 11 is 3.72. The fourth-order valence-electron chi connectivity index (χ4n) is 7.92. The highest BCUT2D eigenvalue weighted by atomic mass is 79.9. The second kappa shape index (κ2) is 15.0. The number of esters is 1. The smallest absolute Gasteiger partial charge is 0.313 e. The molecule has 2 bridgehead atoms. The van der Waals surface area contributed by atoms with Crippen LogP contribution in [-0.4, -0.2) is 81.5 Å². The molecular formula is C38H46BrN3O7. The second-order valence-electron chi connectivity index (χ2n) is 13.4. The Labute approximate surface area is 296 Å². The Morgan fingerprint density at radius 2 is 1.80 bits per heavy atom. The summed E-state index contributed by atoms with van der Waals surface area (Å²) in [6.45, 7) is 14.7. The van der Waals surface area contributed by atoms with Crippen LogP contribution in [0.15, 0.2) is 73.8 Å². The Bertz CT molecular complexity index is 1580. The highest BCUT2D eigenvalue weighted by molar-refractivity contribution is 9.09. The average Bonchev–Trinajstić information content (AvgIpc) is 3.68. The van der Waals surface area contributed by atoms with Crippen molar-refractivity contribution >= 4 is 45.3 Å². The maximum atomic E-state index is 14.9. The van der Waals surface area contributed by atoms with Gasteiger partial charge in [0.1, 0.15) is 17.7 Å². The number of benzene rings is 2. The zero-order chi connectivity index (χ0) is 35.6. The molecule has 1 spiro atoms. The lowest BCUT2D eigenvalue weighted by molar-refractivity contribution is -0.162. The largest absolute Gasteiger partial charge is 0.455 e. The number of hydrogen-bond donors (Lipinski definition) is 2. The van der Waals surface area contributed by atoms with E-state index in [2.05, 4.69) is 34.4 Å². The molecule has 11 heteroatoms. The van der Waals surface area contributed by atoms with Gasteiger partial charge in [-0.3, -0.25) is 19.2 Å². The van der Waals surface area contributed by atoms with E-state index in [1.807, 2.05) is 62.4 Å². The molecule has 262 valence electrons. The number of carbonyl (C=O) groups is 4. The van der Waals surface area contributed by atoms with Gasteiger partial charge < -0.3 is 29.7 Å². The number of carbonyl (C=O) groups excluding carboxylic acids is 4. The maximum absolute atomic E-state index is 14.9. The van der Waals surface area contributed by atoms with Crippen LogP contribution in [0.4, 0.5) is 5.69 Å². The number of hydrogen-bond acceptors (Lipinski definition) is 7.